The van der Waals surface area contributed by atoms with E-state index in [1.165, 1.54) is 11.3 Å². The lowest BCUT2D eigenvalue weighted by Gasteiger charge is -2.43. The molecule has 0 bridgehead atoms. The van der Waals surface area contributed by atoms with Crippen molar-refractivity contribution < 1.29 is 27.5 Å². The Kier molecular flexibility index (Phi) is 6.62. The smallest absolute Gasteiger partial charge is 0.451 e. The zero-order valence-electron chi connectivity index (χ0n) is 21.1. The molecule has 3 heterocycles. The largest absolute Gasteiger partial charge is 0.481 e. The molecule has 2 aliphatic rings. The highest BCUT2D eigenvalue weighted by Gasteiger charge is 2.39. The topological polar surface area (TPSA) is 97.3 Å². The van der Waals surface area contributed by atoms with Crippen molar-refractivity contribution in [3.05, 3.63) is 52.6 Å². The van der Waals surface area contributed by atoms with E-state index >= 15 is 0 Å². The van der Waals surface area contributed by atoms with Crippen molar-refractivity contribution in [3.8, 4) is 16.3 Å². The number of fused-ring (bicyclic) bond motifs is 1. The lowest BCUT2D eigenvalue weighted by molar-refractivity contribution is -0.145. The third-order valence-corrected chi connectivity index (χ3v) is 7.93. The molecule has 1 aliphatic heterocycles. The van der Waals surface area contributed by atoms with Crippen LogP contribution in [0.2, 0.25) is 0 Å². The lowest BCUT2D eigenvalue weighted by Crippen LogP contribution is -2.47. The normalized spacial score (nSPS) is 17.3. The summed E-state index contributed by atoms with van der Waals surface area (Å²) in [4.78, 5) is 40.2. The minimum Gasteiger partial charge on any atom is -0.481 e. The fraction of sp³-hybridized carbons (Fsp3) is 0.423. The maximum atomic E-state index is 13.4. The molecule has 1 saturated carbocycles. The highest BCUT2D eigenvalue weighted by molar-refractivity contribution is 7.15. The van der Waals surface area contributed by atoms with Crippen molar-refractivity contribution in [2.45, 2.75) is 52.3 Å². The Balaban J connectivity index is 1.49. The van der Waals surface area contributed by atoms with E-state index in [9.17, 15) is 22.8 Å². The Hall–Kier alpha value is -3.54. The number of aromatic nitrogens is 3. The fourth-order valence-corrected chi connectivity index (χ4v) is 5.42. The summed E-state index contributed by atoms with van der Waals surface area (Å²) in [6.45, 7) is 6.12. The molecular weight excluding hydrogens is 519 g/mol. The number of hydrogen-bond acceptors (Lipinski definition) is 7. The van der Waals surface area contributed by atoms with Crippen LogP contribution in [0.15, 0.2) is 30.7 Å². The molecule has 38 heavy (non-hydrogen) atoms. The second kappa shape index (κ2) is 9.64. The summed E-state index contributed by atoms with van der Waals surface area (Å²) in [5.41, 5.74) is 1.70. The number of ether oxygens (including phenoxy) is 1. The first-order valence-electron chi connectivity index (χ1n) is 12.2. The monoisotopic (exact) mass is 545 g/mol. The van der Waals surface area contributed by atoms with Crippen LogP contribution in [-0.4, -0.2) is 39.9 Å². The predicted octanol–water partition coefficient (Wildman–Crippen LogP) is 5.33. The Bertz CT molecular complexity index is 1390. The van der Waals surface area contributed by atoms with Crippen LogP contribution in [0.25, 0.3) is 10.6 Å². The number of thiazole rings is 1. The Morgan fingerprint density at radius 3 is 2.50 bits per heavy atom. The SMILES string of the molecule is Cc1cnc(-c2cc(C(=O)N[C@H](C)c3cnc(C(F)(F)F)nc3)cc3c2OCC(=O)N3CC2(C)CCC2)s1. The van der Waals surface area contributed by atoms with Crippen LogP contribution in [0.1, 0.15) is 65.8 Å². The van der Waals surface area contributed by atoms with Gasteiger partial charge in [0.1, 0.15) is 5.01 Å². The zero-order chi connectivity index (χ0) is 27.2. The van der Waals surface area contributed by atoms with Crippen molar-refractivity contribution in [3.63, 3.8) is 0 Å². The molecule has 1 N–H and O–H groups in total. The summed E-state index contributed by atoms with van der Waals surface area (Å²) in [5.74, 6) is -1.40. The van der Waals surface area contributed by atoms with Crippen LogP contribution in [0.5, 0.6) is 5.75 Å². The van der Waals surface area contributed by atoms with Crippen LogP contribution in [0.4, 0.5) is 18.9 Å². The Morgan fingerprint density at radius 2 is 1.92 bits per heavy atom. The van der Waals surface area contributed by atoms with Gasteiger partial charge in [-0.1, -0.05) is 13.3 Å². The molecule has 200 valence electrons. The number of halogens is 3. The summed E-state index contributed by atoms with van der Waals surface area (Å²) >= 11 is 1.44. The Labute approximate surface area is 221 Å². The number of carbonyl (C=O) groups excluding carboxylic acids is 2. The first kappa shape index (κ1) is 26.1. The standard InChI is InChI=1S/C26H26F3N5O3S/c1-14-9-30-23(38-14)18-7-16(22(36)33-15(2)17-10-31-24(32-11-17)26(27,28)29)8-19-21(18)37-12-20(35)34(19)13-25(3)5-4-6-25/h7-11,15H,4-6,12-13H2,1-3H3,(H,33,36)/t15-/m1/s1. The highest BCUT2D eigenvalue weighted by Crippen LogP contribution is 2.47. The van der Waals surface area contributed by atoms with Gasteiger partial charge in [-0.25, -0.2) is 15.0 Å². The van der Waals surface area contributed by atoms with Gasteiger partial charge < -0.3 is 15.0 Å². The summed E-state index contributed by atoms with van der Waals surface area (Å²) in [6, 6.07) is 2.62. The van der Waals surface area contributed by atoms with Gasteiger partial charge in [0.2, 0.25) is 5.82 Å². The van der Waals surface area contributed by atoms with E-state index < -0.39 is 23.9 Å². The molecule has 2 amide bonds. The average Bonchev–Trinajstić information content (AvgIpc) is 3.29. The predicted molar refractivity (Wildman–Crippen MR) is 135 cm³/mol. The summed E-state index contributed by atoms with van der Waals surface area (Å²) < 4.78 is 44.3. The zero-order valence-corrected chi connectivity index (χ0v) is 21.9. The molecule has 1 fully saturated rings. The molecule has 12 heteroatoms. The molecule has 3 aromatic rings. The lowest BCUT2D eigenvalue weighted by atomic mass is 9.70. The van der Waals surface area contributed by atoms with Crippen LogP contribution in [0, 0.1) is 12.3 Å². The van der Waals surface area contributed by atoms with Gasteiger partial charge >= 0.3 is 6.18 Å². The molecule has 0 saturated heterocycles. The third kappa shape index (κ3) is 5.09. The number of rotatable bonds is 6. The number of benzene rings is 1. The molecule has 0 spiro atoms. The molecule has 8 nitrogen and oxygen atoms in total. The van der Waals surface area contributed by atoms with Crippen LogP contribution in [-0.2, 0) is 11.0 Å². The van der Waals surface area contributed by atoms with Crippen molar-refractivity contribution in [1.29, 1.82) is 0 Å². The molecule has 1 atom stereocenters. The first-order valence-corrected chi connectivity index (χ1v) is 13.0. The van der Waals surface area contributed by atoms with E-state index in [-0.39, 0.29) is 23.5 Å². The summed E-state index contributed by atoms with van der Waals surface area (Å²) in [5, 5.41) is 3.45. The van der Waals surface area contributed by atoms with Crippen molar-refractivity contribution in [2.75, 3.05) is 18.1 Å². The molecule has 2 aromatic heterocycles. The summed E-state index contributed by atoms with van der Waals surface area (Å²) in [7, 11) is 0. The van der Waals surface area contributed by atoms with E-state index in [0.29, 0.717) is 34.1 Å². The number of anilines is 1. The van der Waals surface area contributed by atoms with E-state index in [4.69, 9.17) is 4.74 Å². The molecule has 1 aromatic carbocycles. The third-order valence-electron chi connectivity index (χ3n) is 6.99. The maximum absolute atomic E-state index is 13.4. The molecule has 0 radical (unpaired) electrons. The van der Waals surface area contributed by atoms with Crippen molar-refractivity contribution >= 4 is 28.8 Å². The van der Waals surface area contributed by atoms with Crippen LogP contribution < -0.4 is 15.0 Å². The molecule has 5 rings (SSSR count). The van der Waals surface area contributed by atoms with Crippen molar-refractivity contribution in [2.24, 2.45) is 5.41 Å². The van der Waals surface area contributed by atoms with Gasteiger partial charge in [0.05, 0.1) is 17.3 Å². The van der Waals surface area contributed by atoms with Gasteiger partial charge in [-0.2, -0.15) is 13.2 Å². The number of nitrogens with one attached hydrogen (secondary N) is 1. The van der Waals surface area contributed by atoms with Crippen molar-refractivity contribution in [1.82, 2.24) is 20.3 Å². The molecule has 1 aliphatic carbocycles. The average molecular weight is 546 g/mol. The van der Waals surface area contributed by atoms with E-state index in [0.717, 1.165) is 36.5 Å². The van der Waals surface area contributed by atoms with Crippen LogP contribution in [0.3, 0.4) is 0 Å². The minimum atomic E-state index is -4.65. The number of carbonyl (C=O) groups is 2. The van der Waals surface area contributed by atoms with Gasteiger partial charge in [-0.3, -0.25) is 9.59 Å². The number of aryl methyl sites for hydroxylation is 1. The molecule has 0 unspecified atom stereocenters. The highest BCUT2D eigenvalue weighted by atomic mass is 32.1. The van der Waals surface area contributed by atoms with Gasteiger partial charge in [-0.05, 0) is 44.2 Å². The Morgan fingerprint density at radius 1 is 1.21 bits per heavy atom. The van der Waals surface area contributed by atoms with Gasteiger partial charge in [-0.15, -0.1) is 11.3 Å². The maximum Gasteiger partial charge on any atom is 0.451 e. The number of amides is 2. The summed E-state index contributed by atoms with van der Waals surface area (Å²) in [6.07, 6.45) is 2.31. The van der Waals surface area contributed by atoms with E-state index in [1.807, 2.05) is 6.92 Å². The quantitative estimate of drug-likeness (QED) is 0.450. The van der Waals surface area contributed by atoms with Crippen LogP contribution >= 0.6 is 11.3 Å². The van der Waals surface area contributed by atoms with Gasteiger partial charge in [0.15, 0.2) is 12.4 Å². The first-order chi connectivity index (χ1) is 17.9. The number of hydrogen-bond donors (Lipinski definition) is 1. The number of alkyl halides is 3. The van der Waals surface area contributed by atoms with Gasteiger partial charge in [0.25, 0.3) is 11.8 Å². The minimum absolute atomic E-state index is 0.00242. The number of nitrogens with zero attached hydrogens (tertiary/aromatic N) is 4. The second-order valence-electron chi connectivity index (χ2n) is 10.1. The van der Waals surface area contributed by atoms with E-state index in [2.05, 4.69) is 27.2 Å². The van der Waals surface area contributed by atoms with E-state index in [1.54, 1.807) is 30.2 Å². The fourth-order valence-electron chi connectivity index (χ4n) is 4.65. The molecular formula is C26H26F3N5O3S. The second-order valence-corrected chi connectivity index (χ2v) is 11.3. The van der Waals surface area contributed by atoms with Gasteiger partial charge in [0, 0.05) is 41.1 Å².